The first-order valence-electron chi connectivity index (χ1n) is 6.58. The van der Waals surface area contributed by atoms with Crippen LogP contribution in [0.5, 0.6) is 0 Å². The summed E-state index contributed by atoms with van der Waals surface area (Å²) in [4.78, 5) is 13.7. The van der Waals surface area contributed by atoms with Crippen LogP contribution in [-0.4, -0.2) is 37.9 Å². The van der Waals surface area contributed by atoms with Crippen LogP contribution < -0.4 is 0 Å². The van der Waals surface area contributed by atoms with E-state index in [-0.39, 0.29) is 0 Å². The summed E-state index contributed by atoms with van der Waals surface area (Å²) in [6, 6.07) is 0.329. The predicted molar refractivity (Wildman–Crippen MR) is 75.6 cm³/mol. The third kappa shape index (κ3) is 5.05. The molecule has 1 rings (SSSR count). The van der Waals surface area contributed by atoms with Gasteiger partial charge < -0.3 is 0 Å². The lowest BCUT2D eigenvalue weighted by atomic mass is 10.00. The van der Waals surface area contributed by atoms with Crippen LogP contribution in [-0.2, 0) is 4.79 Å². The van der Waals surface area contributed by atoms with Crippen LogP contribution in [0.4, 0.5) is 0 Å². The molecule has 17 heavy (non-hydrogen) atoms. The van der Waals surface area contributed by atoms with Crippen molar-refractivity contribution in [3.63, 3.8) is 0 Å². The van der Waals surface area contributed by atoms with Crippen LogP contribution in [0.15, 0.2) is 0 Å². The first kappa shape index (κ1) is 14.5. The number of rotatable bonds is 2. The van der Waals surface area contributed by atoms with E-state index in [1.807, 2.05) is 0 Å². The highest BCUT2D eigenvalue weighted by atomic mass is 28.3. The van der Waals surface area contributed by atoms with Crippen molar-refractivity contribution >= 4 is 13.9 Å². The molecule has 1 atom stereocenters. The normalized spacial score (nSPS) is 20.0. The fourth-order valence-electron chi connectivity index (χ4n) is 2.02. The van der Waals surface area contributed by atoms with Gasteiger partial charge in [-0.2, -0.15) is 0 Å². The molecule has 1 fully saturated rings. The lowest BCUT2D eigenvalue weighted by molar-refractivity contribution is -0.121. The fourth-order valence-corrected chi connectivity index (χ4v) is 2.60. The molecule has 0 N–H and O–H groups in total. The van der Waals surface area contributed by atoms with E-state index in [2.05, 4.69) is 49.9 Å². The summed E-state index contributed by atoms with van der Waals surface area (Å²) in [6.07, 6.45) is 1.41. The summed E-state index contributed by atoms with van der Waals surface area (Å²) in [7, 11) is -1.30. The van der Waals surface area contributed by atoms with Gasteiger partial charge in [0, 0.05) is 25.9 Å². The minimum absolute atomic E-state index is 0.329. The average Bonchev–Trinajstić information content (AvgIpc) is 2.18. The van der Waals surface area contributed by atoms with Gasteiger partial charge in [-0.3, -0.25) is 9.69 Å². The van der Waals surface area contributed by atoms with Crippen molar-refractivity contribution in [1.29, 1.82) is 0 Å². The summed E-state index contributed by atoms with van der Waals surface area (Å²) >= 11 is 0. The Hall–Kier alpha value is -0.593. The molecule has 1 heterocycles. The molecule has 0 radical (unpaired) electrons. The zero-order valence-corrected chi connectivity index (χ0v) is 12.8. The number of hydrogen-bond donors (Lipinski definition) is 0. The Labute approximate surface area is 107 Å². The molecule has 0 aromatic heterocycles. The van der Waals surface area contributed by atoms with E-state index < -0.39 is 8.07 Å². The first-order valence-corrected chi connectivity index (χ1v) is 10.1. The number of carbonyl (C=O) groups is 1. The minimum Gasteiger partial charge on any atom is -0.300 e. The van der Waals surface area contributed by atoms with Crippen LogP contribution in [0, 0.1) is 17.4 Å². The molecule has 0 aromatic rings. The van der Waals surface area contributed by atoms with Crippen molar-refractivity contribution in [2.75, 3.05) is 13.1 Å². The Morgan fingerprint density at radius 3 is 2.12 bits per heavy atom. The van der Waals surface area contributed by atoms with Gasteiger partial charge in [-0.1, -0.05) is 39.4 Å². The molecule has 0 aromatic carbocycles. The predicted octanol–water partition coefficient (Wildman–Crippen LogP) is 2.56. The van der Waals surface area contributed by atoms with E-state index in [1.165, 1.54) is 0 Å². The third-order valence-corrected chi connectivity index (χ3v) is 3.87. The van der Waals surface area contributed by atoms with E-state index in [4.69, 9.17) is 0 Å². The zero-order chi connectivity index (χ0) is 13.1. The van der Waals surface area contributed by atoms with Gasteiger partial charge in [-0.15, -0.1) is 5.54 Å². The Morgan fingerprint density at radius 2 is 1.71 bits per heavy atom. The molecular formula is C14H25NOSi. The SMILES string of the molecule is CC(C)C(C#C[Si](C)(C)C)N1CCC(=O)CC1. The smallest absolute Gasteiger partial charge is 0.135 e. The summed E-state index contributed by atoms with van der Waals surface area (Å²) < 4.78 is 0. The van der Waals surface area contributed by atoms with Crippen LogP contribution in [0.3, 0.4) is 0 Å². The van der Waals surface area contributed by atoms with Crippen molar-refractivity contribution in [3.8, 4) is 11.5 Å². The second-order valence-corrected chi connectivity index (χ2v) is 11.0. The standard InChI is InChI=1S/C14H25NOSi/c1-12(2)14(8-11-17(3,4)5)15-9-6-13(16)7-10-15/h12,14H,6-7,9-10H2,1-5H3. The van der Waals surface area contributed by atoms with E-state index in [0.717, 1.165) is 13.1 Å². The van der Waals surface area contributed by atoms with Crippen molar-refractivity contribution in [2.45, 2.75) is 52.4 Å². The third-order valence-electron chi connectivity index (χ3n) is 2.98. The lowest BCUT2D eigenvalue weighted by Gasteiger charge is -2.33. The van der Waals surface area contributed by atoms with Crippen molar-refractivity contribution in [3.05, 3.63) is 0 Å². The highest BCUT2D eigenvalue weighted by molar-refractivity contribution is 6.83. The number of hydrogen-bond acceptors (Lipinski definition) is 2. The molecule has 1 unspecified atom stereocenters. The summed E-state index contributed by atoms with van der Waals surface area (Å²) in [6.45, 7) is 13.1. The van der Waals surface area contributed by atoms with Gasteiger partial charge >= 0.3 is 0 Å². The molecule has 0 amide bonds. The lowest BCUT2D eigenvalue weighted by Crippen LogP contribution is -2.43. The number of piperidine rings is 1. The molecule has 0 bridgehead atoms. The van der Waals surface area contributed by atoms with Crippen LogP contribution in [0.25, 0.3) is 0 Å². The summed E-state index contributed by atoms with van der Waals surface area (Å²) in [5.74, 6) is 4.41. The average molecular weight is 251 g/mol. The Bertz CT molecular complexity index is 322. The minimum atomic E-state index is -1.30. The number of nitrogens with zero attached hydrogens (tertiary/aromatic N) is 1. The van der Waals surface area contributed by atoms with E-state index in [0.29, 0.717) is 30.6 Å². The summed E-state index contributed by atoms with van der Waals surface area (Å²) in [5.41, 5.74) is 3.47. The van der Waals surface area contributed by atoms with Gasteiger partial charge in [0.1, 0.15) is 13.9 Å². The zero-order valence-electron chi connectivity index (χ0n) is 11.8. The Kier molecular flexibility index (Phi) is 4.97. The second kappa shape index (κ2) is 5.84. The number of carbonyl (C=O) groups excluding carboxylic acids is 1. The van der Waals surface area contributed by atoms with E-state index in [9.17, 15) is 4.79 Å². The van der Waals surface area contributed by atoms with Crippen molar-refractivity contribution in [1.82, 2.24) is 4.90 Å². The van der Waals surface area contributed by atoms with Gasteiger partial charge in [0.2, 0.25) is 0 Å². The molecule has 0 spiro atoms. The number of Topliss-reactive ketones (excluding diaryl/α,β-unsaturated/α-hetero) is 1. The largest absolute Gasteiger partial charge is 0.300 e. The molecule has 1 saturated heterocycles. The first-order chi connectivity index (χ1) is 7.79. The van der Waals surface area contributed by atoms with Crippen LogP contribution >= 0.6 is 0 Å². The van der Waals surface area contributed by atoms with Crippen LogP contribution in [0.2, 0.25) is 19.6 Å². The monoisotopic (exact) mass is 251 g/mol. The topological polar surface area (TPSA) is 20.3 Å². The van der Waals surface area contributed by atoms with Gasteiger partial charge in [0.25, 0.3) is 0 Å². The summed E-state index contributed by atoms with van der Waals surface area (Å²) in [5, 5.41) is 0. The molecule has 0 saturated carbocycles. The Morgan fingerprint density at radius 1 is 1.18 bits per heavy atom. The molecule has 0 aliphatic carbocycles. The van der Waals surface area contributed by atoms with Crippen molar-refractivity contribution in [2.24, 2.45) is 5.92 Å². The molecule has 96 valence electrons. The van der Waals surface area contributed by atoms with Gasteiger partial charge in [-0.25, -0.2) is 0 Å². The molecule has 2 nitrogen and oxygen atoms in total. The Balaban J connectivity index is 2.72. The van der Waals surface area contributed by atoms with Gasteiger partial charge in [0.05, 0.1) is 6.04 Å². The quantitative estimate of drug-likeness (QED) is 0.555. The van der Waals surface area contributed by atoms with Gasteiger partial charge in [-0.05, 0) is 5.92 Å². The molecule has 1 aliphatic rings. The van der Waals surface area contributed by atoms with Crippen molar-refractivity contribution < 1.29 is 4.79 Å². The number of ketones is 1. The molecular weight excluding hydrogens is 226 g/mol. The maximum absolute atomic E-state index is 11.3. The van der Waals surface area contributed by atoms with Crippen LogP contribution in [0.1, 0.15) is 26.7 Å². The fraction of sp³-hybridized carbons (Fsp3) is 0.786. The number of likely N-dealkylation sites (tertiary alicyclic amines) is 1. The maximum Gasteiger partial charge on any atom is 0.135 e. The van der Waals surface area contributed by atoms with Gasteiger partial charge in [0.15, 0.2) is 0 Å². The highest BCUT2D eigenvalue weighted by Gasteiger charge is 2.24. The maximum atomic E-state index is 11.3. The highest BCUT2D eigenvalue weighted by Crippen LogP contribution is 2.16. The van der Waals surface area contributed by atoms with E-state index in [1.54, 1.807) is 0 Å². The van der Waals surface area contributed by atoms with E-state index >= 15 is 0 Å². The molecule has 1 aliphatic heterocycles. The second-order valence-electron chi connectivity index (χ2n) is 6.28. The molecule has 3 heteroatoms.